The van der Waals surface area contributed by atoms with Crippen LogP contribution in [0.2, 0.25) is 0 Å². The van der Waals surface area contributed by atoms with Crippen LogP contribution in [0.5, 0.6) is 5.75 Å². The SMILES string of the molecule is FC(F)(F)Oc1ccccc1-c1cccc(-n2cnc3cc(C(F)(F)F)ccc32)c1. The molecule has 0 aliphatic rings. The lowest BCUT2D eigenvalue weighted by Crippen LogP contribution is -2.17. The highest BCUT2D eigenvalue weighted by atomic mass is 19.4. The molecule has 0 radical (unpaired) electrons. The second-order valence-corrected chi connectivity index (χ2v) is 6.41. The van der Waals surface area contributed by atoms with E-state index in [1.807, 2.05) is 0 Å². The van der Waals surface area contributed by atoms with Gasteiger partial charge in [0.15, 0.2) is 0 Å². The Labute approximate surface area is 166 Å². The summed E-state index contributed by atoms with van der Waals surface area (Å²) in [6, 6.07) is 15.4. The van der Waals surface area contributed by atoms with Crippen molar-refractivity contribution in [2.75, 3.05) is 0 Å². The van der Waals surface area contributed by atoms with E-state index >= 15 is 0 Å². The second kappa shape index (κ2) is 7.08. The first kappa shape index (κ1) is 19.8. The fourth-order valence-electron chi connectivity index (χ4n) is 3.14. The molecule has 154 valence electrons. The summed E-state index contributed by atoms with van der Waals surface area (Å²) in [5.74, 6) is -0.354. The summed E-state index contributed by atoms with van der Waals surface area (Å²) in [5.41, 5.74) is 0.960. The minimum absolute atomic E-state index is 0.149. The number of aromatic nitrogens is 2. The molecule has 1 aromatic heterocycles. The van der Waals surface area contributed by atoms with Crippen LogP contribution in [-0.4, -0.2) is 15.9 Å². The van der Waals surface area contributed by atoms with Gasteiger partial charge in [0.2, 0.25) is 0 Å². The number of benzene rings is 3. The lowest BCUT2D eigenvalue weighted by Gasteiger charge is -2.14. The third-order valence-corrected chi connectivity index (χ3v) is 4.42. The molecule has 0 aliphatic carbocycles. The summed E-state index contributed by atoms with van der Waals surface area (Å²) in [6.07, 6.45) is -7.97. The predicted molar refractivity (Wildman–Crippen MR) is 98.2 cm³/mol. The predicted octanol–water partition coefficient (Wildman–Crippen LogP) is 6.61. The Balaban J connectivity index is 1.77. The van der Waals surface area contributed by atoms with Crippen LogP contribution in [0, 0.1) is 0 Å². The van der Waals surface area contributed by atoms with Crippen molar-refractivity contribution >= 4 is 11.0 Å². The first-order valence-corrected chi connectivity index (χ1v) is 8.62. The Morgan fingerprint density at radius 1 is 0.800 bits per heavy atom. The number of alkyl halides is 6. The molecule has 30 heavy (non-hydrogen) atoms. The number of hydrogen-bond acceptors (Lipinski definition) is 2. The summed E-state index contributed by atoms with van der Waals surface area (Å²) >= 11 is 0. The molecule has 3 nitrogen and oxygen atoms in total. The van der Waals surface area contributed by atoms with Crippen molar-refractivity contribution < 1.29 is 31.1 Å². The quantitative estimate of drug-likeness (QED) is 0.348. The number of ether oxygens (including phenoxy) is 1. The molecule has 0 amide bonds. The van der Waals surface area contributed by atoms with Gasteiger partial charge in [0.25, 0.3) is 0 Å². The fraction of sp³-hybridized carbons (Fsp3) is 0.0952. The van der Waals surface area contributed by atoms with Crippen molar-refractivity contribution in [3.8, 4) is 22.6 Å². The van der Waals surface area contributed by atoms with Crippen LogP contribution in [0.3, 0.4) is 0 Å². The van der Waals surface area contributed by atoms with Gasteiger partial charge in [-0.2, -0.15) is 13.2 Å². The van der Waals surface area contributed by atoms with Crippen LogP contribution < -0.4 is 4.74 Å². The van der Waals surface area contributed by atoms with Crippen LogP contribution in [0.4, 0.5) is 26.3 Å². The molecule has 0 N–H and O–H groups in total. The van der Waals surface area contributed by atoms with Crippen LogP contribution in [0.15, 0.2) is 73.1 Å². The molecule has 0 bridgehead atoms. The number of imidazole rings is 1. The zero-order valence-electron chi connectivity index (χ0n) is 15.0. The molecule has 0 fully saturated rings. The van der Waals surface area contributed by atoms with Crippen LogP contribution in [0.25, 0.3) is 27.8 Å². The summed E-state index contributed by atoms with van der Waals surface area (Å²) in [6.45, 7) is 0. The summed E-state index contributed by atoms with van der Waals surface area (Å²) < 4.78 is 82.6. The van der Waals surface area contributed by atoms with E-state index in [0.29, 0.717) is 16.8 Å². The minimum atomic E-state index is -4.84. The average Bonchev–Trinajstić information content (AvgIpc) is 3.10. The summed E-state index contributed by atoms with van der Waals surface area (Å²) in [7, 11) is 0. The van der Waals surface area contributed by atoms with Crippen molar-refractivity contribution in [2.24, 2.45) is 0 Å². The molecule has 0 aliphatic heterocycles. The number of para-hydroxylation sites is 1. The lowest BCUT2D eigenvalue weighted by atomic mass is 10.0. The zero-order chi connectivity index (χ0) is 21.5. The molecule has 4 aromatic rings. The van der Waals surface area contributed by atoms with E-state index in [1.165, 1.54) is 30.6 Å². The number of halogens is 6. The maximum atomic E-state index is 12.9. The van der Waals surface area contributed by atoms with Gasteiger partial charge in [0.1, 0.15) is 12.1 Å². The smallest absolute Gasteiger partial charge is 0.405 e. The Morgan fingerprint density at radius 3 is 2.30 bits per heavy atom. The molecular formula is C21H12F6N2O. The topological polar surface area (TPSA) is 27.1 Å². The Kier molecular flexibility index (Phi) is 4.68. The van der Waals surface area contributed by atoms with Gasteiger partial charge in [0, 0.05) is 11.3 Å². The zero-order valence-corrected chi connectivity index (χ0v) is 15.0. The molecule has 0 spiro atoms. The standard InChI is InChI=1S/C21H12F6N2O/c22-20(23,24)14-8-9-18-17(11-14)28-12-29(18)15-5-3-4-13(10-15)16-6-1-2-7-19(16)30-21(25,26)27/h1-12H. The van der Waals surface area contributed by atoms with Crippen molar-refractivity contribution in [1.29, 1.82) is 0 Å². The molecular weight excluding hydrogens is 410 g/mol. The van der Waals surface area contributed by atoms with E-state index in [1.54, 1.807) is 34.9 Å². The normalized spacial score (nSPS) is 12.3. The van der Waals surface area contributed by atoms with E-state index in [4.69, 9.17) is 0 Å². The average molecular weight is 422 g/mol. The molecule has 0 saturated heterocycles. The highest BCUT2D eigenvalue weighted by Crippen LogP contribution is 2.35. The van der Waals surface area contributed by atoms with Crippen LogP contribution in [0.1, 0.15) is 5.56 Å². The number of hydrogen-bond donors (Lipinski definition) is 0. The highest BCUT2D eigenvalue weighted by molar-refractivity contribution is 5.79. The number of fused-ring (bicyclic) bond motifs is 1. The minimum Gasteiger partial charge on any atom is -0.405 e. The van der Waals surface area contributed by atoms with E-state index < -0.39 is 18.1 Å². The molecule has 9 heteroatoms. The molecule has 3 aromatic carbocycles. The van der Waals surface area contributed by atoms with E-state index in [0.717, 1.165) is 12.1 Å². The van der Waals surface area contributed by atoms with Gasteiger partial charge in [-0.05, 0) is 42.0 Å². The fourth-order valence-corrected chi connectivity index (χ4v) is 3.14. The van der Waals surface area contributed by atoms with Gasteiger partial charge in [-0.15, -0.1) is 13.2 Å². The Bertz CT molecular complexity index is 1210. The molecule has 1 heterocycles. The number of nitrogens with zero attached hydrogens (tertiary/aromatic N) is 2. The maximum Gasteiger partial charge on any atom is 0.573 e. The monoisotopic (exact) mass is 422 g/mol. The van der Waals surface area contributed by atoms with E-state index in [2.05, 4.69) is 9.72 Å². The van der Waals surface area contributed by atoms with E-state index in [9.17, 15) is 26.3 Å². The van der Waals surface area contributed by atoms with Crippen molar-refractivity contribution in [3.05, 3.63) is 78.6 Å². The summed E-state index contributed by atoms with van der Waals surface area (Å²) in [4.78, 5) is 4.03. The maximum absolute atomic E-state index is 12.9. The van der Waals surface area contributed by atoms with Crippen molar-refractivity contribution in [2.45, 2.75) is 12.5 Å². The van der Waals surface area contributed by atoms with Gasteiger partial charge >= 0.3 is 12.5 Å². The first-order valence-electron chi connectivity index (χ1n) is 8.62. The van der Waals surface area contributed by atoms with E-state index in [-0.39, 0.29) is 16.8 Å². The molecule has 0 unspecified atom stereocenters. The van der Waals surface area contributed by atoms with Gasteiger partial charge in [0.05, 0.1) is 16.6 Å². The Morgan fingerprint density at radius 2 is 1.57 bits per heavy atom. The summed E-state index contributed by atoms with van der Waals surface area (Å²) in [5, 5.41) is 0. The van der Waals surface area contributed by atoms with Gasteiger partial charge in [-0.1, -0.05) is 30.3 Å². The van der Waals surface area contributed by atoms with Crippen molar-refractivity contribution in [1.82, 2.24) is 9.55 Å². The molecule has 4 rings (SSSR count). The largest absolute Gasteiger partial charge is 0.573 e. The third-order valence-electron chi connectivity index (χ3n) is 4.42. The van der Waals surface area contributed by atoms with Crippen molar-refractivity contribution in [3.63, 3.8) is 0 Å². The molecule has 0 atom stereocenters. The van der Waals surface area contributed by atoms with Gasteiger partial charge in [-0.3, -0.25) is 4.57 Å². The first-order chi connectivity index (χ1) is 14.1. The Hall–Kier alpha value is -3.49. The van der Waals surface area contributed by atoms with Gasteiger partial charge in [-0.25, -0.2) is 4.98 Å². The molecule has 0 saturated carbocycles. The van der Waals surface area contributed by atoms with Gasteiger partial charge < -0.3 is 4.74 Å². The number of rotatable bonds is 3. The third kappa shape index (κ3) is 3.96. The highest BCUT2D eigenvalue weighted by Gasteiger charge is 2.32. The van der Waals surface area contributed by atoms with Crippen LogP contribution in [-0.2, 0) is 6.18 Å². The second-order valence-electron chi connectivity index (χ2n) is 6.41. The van der Waals surface area contributed by atoms with Crippen LogP contribution >= 0.6 is 0 Å². The lowest BCUT2D eigenvalue weighted by molar-refractivity contribution is -0.274.